The Morgan fingerprint density at radius 3 is 2.58 bits per heavy atom. The van der Waals surface area contributed by atoms with Crippen LogP contribution >= 0.6 is 11.8 Å². The fraction of sp³-hybridized carbons (Fsp3) is 0.824. The van der Waals surface area contributed by atoms with Gasteiger partial charge in [0.1, 0.15) is 6.54 Å². The van der Waals surface area contributed by atoms with Crippen LogP contribution in [0.3, 0.4) is 0 Å². The maximum atomic E-state index is 12.0. The van der Waals surface area contributed by atoms with Gasteiger partial charge in [0.2, 0.25) is 11.8 Å². The Morgan fingerprint density at radius 2 is 2.00 bits per heavy atom. The standard InChI is InChI=1S/C17H33N5O3S/c1-21(2)16(24)13-19-17(18-8-12-26-4)20-14-5-9-22(10-6-14)15(23)7-11-25-3/h14H,5-13H2,1-4H3,(H2,18,19,20). The smallest absolute Gasteiger partial charge is 0.243 e. The van der Waals surface area contributed by atoms with Gasteiger partial charge in [0.25, 0.3) is 0 Å². The van der Waals surface area contributed by atoms with E-state index < -0.39 is 0 Å². The topological polar surface area (TPSA) is 86.3 Å². The summed E-state index contributed by atoms with van der Waals surface area (Å²) in [6.45, 7) is 2.84. The third-order valence-electron chi connectivity index (χ3n) is 4.18. The van der Waals surface area contributed by atoms with Crippen molar-refractivity contribution in [1.29, 1.82) is 0 Å². The molecule has 2 N–H and O–H groups in total. The molecule has 0 bridgehead atoms. The first kappa shape index (κ1) is 22.6. The maximum absolute atomic E-state index is 12.0. The maximum Gasteiger partial charge on any atom is 0.243 e. The van der Waals surface area contributed by atoms with Gasteiger partial charge in [-0.05, 0) is 19.1 Å². The number of piperidine rings is 1. The lowest BCUT2D eigenvalue weighted by molar-refractivity contribution is -0.133. The Labute approximate surface area is 161 Å². The molecule has 0 aromatic heterocycles. The number of rotatable bonds is 9. The van der Waals surface area contributed by atoms with Gasteiger partial charge in [0.05, 0.1) is 13.0 Å². The van der Waals surface area contributed by atoms with Crippen LogP contribution in [0.2, 0.25) is 0 Å². The summed E-state index contributed by atoms with van der Waals surface area (Å²) in [5.41, 5.74) is 0. The van der Waals surface area contributed by atoms with E-state index in [1.54, 1.807) is 33.0 Å². The van der Waals surface area contributed by atoms with E-state index in [1.165, 1.54) is 4.90 Å². The molecule has 1 heterocycles. The van der Waals surface area contributed by atoms with Gasteiger partial charge in [0, 0.05) is 52.6 Å². The van der Waals surface area contributed by atoms with Crippen LogP contribution in [0.1, 0.15) is 19.3 Å². The molecule has 0 aromatic carbocycles. The number of nitrogens with one attached hydrogen (secondary N) is 2. The number of likely N-dealkylation sites (N-methyl/N-ethyl adjacent to an activating group) is 1. The van der Waals surface area contributed by atoms with Crippen LogP contribution in [0.15, 0.2) is 4.99 Å². The zero-order valence-corrected chi connectivity index (χ0v) is 17.2. The van der Waals surface area contributed by atoms with E-state index in [1.807, 2.05) is 4.90 Å². The molecule has 1 fully saturated rings. The molecule has 0 spiro atoms. The van der Waals surface area contributed by atoms with Crippen molar-refractivity contribution in [3.8, 4) is 0 Å². The number of carbonyl (C=O) groups is 2. The lowest BCUT2D eigenvalue weighted by atomic mass is 10.0. The number of hydrogen-bond acceptors (Lipinski definition) is 5. The minimum atomic E-state index is -0.0328. The van der Waals surface area contributed by atoms with Crippen LogP contribution in [-0.4, -0.2) is 99.6 Å². The normalized spacial score (nSPS) is 15.7. The fourth-order valence-corrected chi connectivity index (χ4v) is 2.83. The molecular formula is C17H33N5O3S. The van der Waals surface area contributed by atoms with E-state index in [-0.39, 0.29) is 24.4 Å². The molecule has 0 saturated carbocycles. The highest BCUT2D eigenvalue weighted by atomic mass is 32.2. The van der Waals surface area contributed by atoms with E-state index in [4.69, 9.17) is 4.74 Å². The van der Waals surface area contributed by atoms with Crippen molar-refractivity contribution in [2.75, 3.05) is 66.0 Å². The van der Waals surface area contributed by atoms with Gasteiger partial charge < -0.3 is 25.2 Å². The van der Waals surface area contributed by atoms with Crippen LogP contribution in [0.5, 0.6) is 0 Å². The van der Waals surface area contributed by atoms with E-state index in [9.17, 15) is 9.59 Å². The van der Waals surface area contributed by atoms with E-state index >= 15 is 0 Å². The molecule has 26 heavy (non-hydrogen) atoms. The van der Waals surface area contributed by atoms with E-state index in [2.05, 4.69) is 21.9 Å². The van der Waals surface area contributed by atoms with Crippen molar-refractivity contribution in [2.24, 2.45) is 4.99 Å². The number of amides is 2. The fourth-order valence-electron chi connectivity index (χ4n) is 2.53. The molecule has 1 aliphatic heterocycles. The molecule has 1 rings (SSSR count). The van der Waals surface area contributed by atoms with Crippen molar-refractivity contribution >= 4 is 29.5 Å². The van der Waals surface area contributed by atoms with E-state index in [0.717, 1.165) is 38.2 Å². The van der Waals surface area contributed by atoms with Crippen LogP contribution in [0, 0.1) is 0 Å². The largest absolute Gasteiger partial charge is 0.384 e. The number of nitrogens with zero attached hydrogens (tertiary/aromatic N) is 3. The lowest BCUT2D eigenvalue weighted by Crippen LogP contribution is -2.50. The van der Waals surface area contributed by atoms with Crippen LogP contribution in [0.4, 0.5) is 0 Å². The summed E-state index contributed by atoms with van der Waals surface area (Å²) < 4.78 is 4.97. The van der Waals surface area contributed by atoms with Crippen molar-refractivity contribution < 1.29 is 14.3 Å². The molecule has 2 amide bonds. The predicted octanol–water partition coefficient (Wildman–Crippen LogP) is 0.000300. The summed E-state index contributed by atoms with van der Waals surface area (Å²) in [6, 6.07) is 0.247. The van der Waals surface area contributed by atoms with Crippen molar-refractivity contribution in [1.82, 2.24) is 20.4 Å². The number of likely N-dealkylation sites (tertiary alicyclic amines) is 1. The molecule has 0 unspecified atom stereocenters. The number of aliphatic imine (C=N–C) groups is 1. The van der Waals surface area contributed by atoms with Crippen molar-refractivity contribution in [2.45, 2.75) is 25.3 Å². The van der Waals surface area contributed by atoms with Gasteiger partial charge in [-0.1, -0.05) is 0 Å². The highest BCUT2D eigenvalue weighted by molar-refractivity contribution is 7.98. The summed E-state index contributed by atoms with van der Waals surface area (Å²) in [5, 5.41) is 6.68. The molecule has 9 heteroatoms. The molecule has 0 aliphatic carbocycles. The molecule has 0 aromatic rings. The minimum Gasteiger partial charge on any atom is -0.384 e. The average Bonchev–Trinajstić information content (AvgIpc) is 2.64. The molecule has 150 valence electrons. The van der Waals surface area contributed by atoms with Gasteiger partial charge >= 0.3 is 0 Å². The third-order valence-corrected chi connectivity index (χ3v) is 4.79. The molecule has 0 atom stereocenters. The number of hydrogen-bond donors (Lipinski definition) is 2. The summed E-state index contributed by atoms with van der Waals surface area (Å²) >= 11 is 1.75. The lowest BCUT2D eigenvalue weighted by Gasteiger charge is -2.33. The van der Waals surface area contributed by atoms with Crippen molar-refractivity contribution in [3.05, 3.63) is 0 Å². The summed E-state index contributed by atoms with van der Waals surface area (Å²) in [7, 11) is 5.06. The number of carbonyl (C=O) groups excluding carboxylic acids is 2. The second-order valence-corrected chi connectivity index (χ2v) is 7.40. The third kappa shape index (κ3) is 8.75. The highest BCUT2D eigenvalue weighted by Crippen LogP contribution is 2.11. The first-order valence-corrected chi connectivity index (χ1v) is 10.4. The van der Waals surface area contributed by atoms with Gasteiger partial charge in [-0.15, -0.1) is 0 Å². The number of methoxy groups -OCH3 is 1. The highest BCUT2D eigenvalue weighted by Gasteiger charge is 2.23. The Bertz CT molecular complexity index is 465. The minimum absolute atomic E-state index is 0.0328. The molecule has 1 aliphatic rings. The van der Waals surface area contributed by atoms with Crippen molar-refractivity contribution in [3.63, 3.8) is 0 Å². The quantitative estimate of drug-likeness (QED) is 0.329. The monoisotopic (exact) mass is 387 g/mol. The van der Waals surface area contributed by atoms with Crippen LogP contribution < -0.4 is 10.6 Å². The van der Waals surface area contributed by atoms with E-state index in [0.29, 0.717) is 19.0 Å². The number of ether oxygens (including phenoxy) is 1. The summed E-state index contributed by atoms with van der Waals surface area (Å²) in [5.74, 6) is 1.75. The molecular weight excluding hydrogens is 354 g/mol. The van der Waals surface area contributed by atoms with Crippen LogP contribution in [0.25, 0.3) is 0 Å². The molecule has 1 saturated heterocycles. The Kier molecular flexibility index (Phi) is 11.1. The zero-order chi connectivity index (χ0) is 19.4. The Balaban J connectivity index is 2.50. The second-order valence-electron chi connectivity index (χ2n) is 6.41. The second kappa shape index (κ2) is 12.8. The van der Waals surface area contributed by atoms with Gasteiger partial charge in [-0.3, -0.25) is 9.59 Å². The van der Waals surface area contributed by atoms with Gasteiger partial charge in [-0.2, -0.15) is 11.8 Å². The average molecular weight is 388 g/mol. The van der Waals surface area contributed by atoms with Gasteiger partial charge in [-0.25, -0.2) is 4.99 Å². The predicted molar refractivity (Wildman–Crippen MR) is 107 cm³/mol. The van der Waals surface area contributed by atoms with Crippen LogP contribution in [-0.2, 0) is 14.3 Å². The summed E-state index contributed by atoms with van der Waals surface area (Å²) in [4.78, 5) is 31.7. The Hall–Kier alpha value is -1.48. The number of thioether (sulfide) groups is 1. The first-order valence-electron chi connectivity index (χ1n) is 8.98. The summed E-state index contributed by atoms with van der Waals surface area (Å²) in [6.07, 6.45) is 4.22. The van der Waals surface area contributed by atoms with Gasteiger partial charge in [0.15, 0.2) is 5.96 Å². The number of guanidine groups is 1. The molecule has 0 radical (unpaired) electrons. The first-order chi connectivity index (χ1) is 12.5. The Morgan fingerprint density at radius 1 is 1.31 bits per heavy atom. The zero-order valence-electron chi connectivity index (χ0n) is 16.4. The molecule has 8 nitrogen and oxygen atoms in total. The SMILES string of the molecule is COCCC(=O)N1CCC(NC(=NCC(=O)N(C)C)NCCSC)CC1.